The van der Waals surface area contributed by atoms with Gasteiger partial charge in [0.1, 0.15) is 5.75 Å². The van der Waals surface area contributed by atoms with Gasteiger partial charge in [0.2, 0.25) is 5.91 Å². The molecule has 0 aromatic heterocycles. The predicted molar refractivity (Wildman–Crippen MR) is 92.4 cm³/mol. The minimum absolute atomic E-state index is 0.0115. The maximum atomic E-state index is 11.5. The molecule has 0 aliphatic heterocycles. The smallest absolute Gasteiger partial charge is 0.303 e. The fourth-order valence-electron chi connectivity index (χ4n) is 2.78. The van der Waals surface area contributed by atoms with Gasteiger partial charge in [0.25, 0.3) is 0 Å². The Kier molecular flexibility index (Phi) is 6.61. The number of nitrogens with one attached hydrogen (secondary N) is 1. The summed E-state index contributed by atoms with van der Waals surface area (Å²) >= 11 is 0. The molecule has 1 aromatic rings. The summed E-state index contributed by atoms with van der Waals surface area (Å²) in [4.78, 5) is 21.9. The summed E-state index contributed by atoms with van der Waals surface area (Å²) in [7, 11) is 0. The number of allylic oxidation sites excluding steroid dienone is 3. The van der Waals surface area contributed by atoms with Gasteiger partial charge >= 0.3 is 5.97 Å². The lowest BCUT2D eigenvalue weighted by Crippen LogP contribution is -2.16. The molecule has 1 aromatic carbocycles. The molecule has 1 aliphatic carbocycles. The second kappa shape index (κ2) is 8.91. The van der Waals surface area contributed by atoms with Crippen LogP contribution in [0.2, 0.25) is 0 Å². The second-order valence-electron chi connectivity index (χ2n) is 5.87. The van der Waals surface area contributed by atoms with Gasteiger partial charge in [-0.25, -0.2) is 0 Å². The number of rotatable bonds is 8. The molecule has 1 amide bonds. The van der Waals surface area contributed by atoms with Crippen molar-refractivity contribution in [1.82, 2.24) is 5.32 Å². The Morgan fingerprint density at radius 3 is 2.88 bits per heavy atom. The highest BCUT2D eigenvalue weighted by atomic mass is 16.4. The molecule has 1 aliphatic rings. The van der Waals surface area contributed by atoms with Crippen LogP contribution in [0.5, 0.6) is 5.75 Å². The number of aliphatic carboxylic acids is 1. The number of hydrogen-bond acceptors (Lipinski definition) is 3. The summed E-state index contributed by atoms with van der Waals surface area (Å²) in [5, 5.41) is 20.8. The van der Waals surface area contributed by atoms with E-state index in [0.717, 1.165) is 31.2 Å². The first-order valence-electron chi connectivity index (χ1n) is 8.23. The molecule has 0 spiro atoms. The van der Waals surface area contributed by atoms with Gasteiger partial charge in [-0.1, -0.05) is 18.2 Å². The zero-order chi connectivity index (χ0) is 17.4. The number of hydrogen-bond donors (Lipinski definition) is 3. The summed E-state index contributed by atoms with van der Waals surface area (Å²) in [5.41, 5.74) is 3.61. The van der Waals surface area contributed by atoms with E-state index >= 15 is 0 Å². The third kappa shape index (κ3) is 5.57. The molecule has 128 valence electrons. The molecule has 0 unspecified atom stereocenters. The molecule has 0 fully saturated rings. The minimum Gasteiger partial charge on any atom is -0.508 e. The van der Waals surface area contributed by atoms with Crippen LogP contribution in [-0.4, -0.2) is 22.1 Å². The first-order chi connectivity index (χ1) is 11.6. The Morgan fingerprint density at radius 1 is 1.25 bits per heavy atom. The minimum atomic E-state index is -0.884. The molecule has 0 atom stereocenters. The first kappa shape index (κ1) is 17.8. The van der Waals surface area contributed by atoms with Gasteiger partial charge in [0.05, 0.1) is 0 Å². The van der Waals surface area contributed by atoms with E-state index in [-0.39, 0.29) is 24.5 Å². The molecule has 5 heteroatoms. The van der Waals surface area contributed by atoms with Gasteiger partial charge in [-0.3, -0.25) is 9.59 Å². The molecule has 5 nitrogen and oxygen atoms in total. The Balaban J connectivity index is 1.74. The number of carboxylic acid groups (broad SMARTS) is 1. The highest BCUT2D eigenvalue weighted by Crippen LogP contribution is 2.32. The standard InChI is InChI=1S/C19H23NO4/c21-16-11-10-15-7-3-6-14(17(15)13-16)5-1-2-12-20-18(22)8-4-9-19(23)24/h2,6,10-13,21H,1,3-5,7-9H2,(H,20,22)(H,23,24). The number of aromatic hydroxyl groups is 1. The molecular formula is C19H23NO4. The Bertz CT molecular complexity index is 661. The quantitative estimate of drug-likeness (QED) is 0.682. The molecule has 0 saturated heterocycles. The lowest BCUT2D eigenvalue weighted by molar-refractivity contribution is -0.137. The first-order valence-corrected chi connectivity index (χ1v) is 8.23. The molecule has 0 saturated carbocycles. The van der Waals surface area contributed by atoms with Crippen molar-refractivity contribution in [1.29, 1.82) is 0 Å². The molecule has 0 bridgehead atoms. The van der Waals surface area contributed by atoms with Gasteiger partial charge in [0.15, 0.2) is 0 Å². The number of carboxylic acids is 1. The fourth-order valence-corrected chi connectivity index (χ4v) is 2.78. The Labute approximate surface area is 141 Å². The number of carbonyl (C=O) groups is 2. The maximum Gasteiger partial charge on any atom is 0.303 e. The van der Waals surface area contributed by atoms with Crippen LogP contribution in [0.3, 0.4) is 0 Å². The van der Waals surface area contributed by atoms with Crippen LogP contribution in [0.25, 0.3) is 5.57 Å². The molecular weight excluding hydrogens is 306 g/mol. The number of aryl methyl sites for hydroxylation is 1. The Morgan fingerprint density at radius 2 is 2.08 bits per heavy atom. The van der Waals surface area contributed by atoms with E-state index in [0.29, 0.717) is 6.42 Å². The summed E-state index contributed by atoms with van der Waals surface area (Å²) in [6.45, 7) is 0. The average Bonchev–Trinajstić information content (AvgIpc) is 2.54. The van der Waals surface area contributed by atoms with Gasteiger partial charge in [-0.05, 0) is 67.1 Å². The van der Waals surface area contributed by atoms with Crippen molar-refractivity contribution in [2.24, 2.45) is 0 Å². The predicted octanol–water partition coefficient (Wildman–Crippen LogP) is 3.39. The number of phenolic OH excluding ortho intramolecular Hbond substituents is 1. The van der Waals surface area contributed by atoms with Crippen LogP contribution in [0, 0.1) is 0 Å². The van der Waals surface area contributed by atoms with Crippen LogP contribution in [0.4, 0.5) is 0 Å². The van der Waals surface area contributed by atoms with E-state index in [1.165, 1.54) is 11.1 Å². The van der Waals surface area contributed by atoms with Crippen LogP contribution in [-0.2, 0) is 16.0 Å². The van der Waals surface area contributed by atoms with Crippen molar-refractivity contribution in [3.05, 3.63) is 47.7 Å². The van der Waals surface area contributed by atoms with Crippen molar-refractivity contribution in [3.8, 4) is 5.75 Å². The van der Waals surface area contributed by atoms with Gasteiger partial charge in [-0.15, -0.1) is 0 Å². The normalized spacial score (nSPS) is 13.4. The van der Waals surface area contributed by atoms with Crippen molar-refractivity contribution in [3.63, 3.8) is 0 Å². The number of benzene rings is 1. The fraction of sp³-hybridized carbons (Fsp3) is 0.368. The molecule has 3 N–H and O–H groups in total. The van der Waals surface area contributed by atoms with Crippen LogP contribution >= 0.6 is 0 Å². The number of carbonyl (C=O) groups excluding carboxylic acids is 1. The van der Waals surface area contributed by atoms with Crippen molar-refractivity contribution >= 4 is 17.4 Å². The van der Waals surface area contributed by atoms with E-state index < -0.39 is 5.97 Å². The zero-order valence-electron chi connectivity index (χ0n) is 13.6. The third-order valence-corrected chi connectivity index (χ3v) is 3.98. The summed E-state index contributed by atoms with van der Waals surface area (Å²) in [6.07, 6.45) is 9.95. The molecule has 2 rings (SSSR count). The second-order valence-corrected chi connectivity index (χ2v) is 5.87. The zero-order valence-corrected chi connectivity index (χ0v) is 13.6. The van der Waals surface area contributed by atoms with Crippen LogP contribution < -0.4 is 5.32 Å². The monoisotopic (exact) mass is 329 g/mol. The number of phenols is 1. The van der Waals surface area contributed by atoms with E-state index in [1.807, 2.05) is 18.2 Å². The molecule has 0 heterocycles. The van der Waals surface area contributed by atoms with Crippen molar-refractivity contribution < 1.29 is 19.8 Å². The number of amides is 1. The van der Waals surface area contributed by atoms with Gasteiger partial charge in [0, 0.05) is 12.8 Å². The van der Waals surface area contributed by atoms with Gasteiger partial charge < -0.3 is 15.5 Å². The molecule has 0 radical (unpaired) electrons. The highest BCUT2D eigenvalue weighted by molar-refractivity contribution is 5.77. The number of fused-ring (bicyclic) bond motifs is 1. The largest absolute Gasteiger partial charge is 0.508 e. The Hall–Kier alpha value is -2.56. The molecule has 24 heavy (non-hydrogen) atoms. The van der Waals surface area contributed by atoms with Gasteiger partial charge in [-0.2, -0.15) is 0 Å². The summed E-state index contributed by atoms with van der Waals surface area (Å²) in [6, 6.07) is 5.51. The summed E-state index contributed by atoms with van der Waals surface area (Å²) < 4.78 is 0. The third-order valence-electron chi connectivity index (χ3n) is 3.98. The topological polar surface area (TPSA) is 86.6 Å². The van der Waals surface area contributed by atoms with Crippen LogP contribution in [0.15, 0.2) is 36.6 Å². The van der Waals surface area contributed by atoms with E-state index in [9.17, 15) is 14.7 Å². The van der Waals surface area contributed by atoms with E-state index in [1.54, 1.807) is 12.3 Å². The van der Waals surface area contributed by atoms with Crippen molar-refractivity contribution in [2.45, 2.75) is 44.9 Å². The SMILES string of the molecule is O=C(O)CCCC(=O)NC=CCCC1=CCCc2ccc(O)cc21. The van der Waals surface area contributed by atoms with Crippen molar-refractivity contribution in [2.75, 3.05) is 0 Å². The lowest BCUT2D eigenvalue weighted by atomic mass is 9.88. The lowest BCUT2D eigenvalue weighted by Gasteiger charge is -2.17. The van der Waals surface area contributed by atoms with E-state index in [2.05, 4.69) is 11.4 Å². The van der Waals surface area contributed by atoms with E-state index in [4.69, 9.17) is 5.11 Å². The highest BCUT2D eigenvalue weighted by Gasteiger charge is 2.12. The van der Waals surface area contributed by atoms with Crippen LogP contribution in [0.1, 0.15) is 49.7 Å². The summed E-state index contributed by atoms with van der Waals surface area (Å²) in [5.74, 6) is -0.768. The average molecular weight is 329 g/mol. The maximum absolute atomic E-state index is 11.5.